The van der Waals surface area contributed by atoms with Crippen LogP contribution in [0.25, 0.3) is 0 Å². The molecule has 1 aliphatic carbocycles. The minimum atomic E-state index is -0.654. The molecule has 0 unspecified atom stereocenters. The lowest BCUT2D eigenvalue weighted by Gasteiger charge is -2.20. The van der Waals surface area contributed by atoms with Gasteiger partial charge in [0.25, 0.3) is 0 Å². The minimum absolute atomic E-state index is 0.101. The third-order valence-corrected chi connectivity index (χ3v) is 4.16. The Kier molecular flexibility index (Phi) is 4.39. The Bertz CT molecular complexity index is 733. The predicted molar refractivity (Wildman–Crippen MR) is 85.1 cm³/mol. The first-order chi connectivity index (χ1) is 11.0. The van der Waals surface area contributed by atoms with Crippen molar-refractivity contribution < 1.29 is 13.6 Å². The van der Waals surface area contributed by atoms with Crippen molar-refractivity contribution in [2.45, 2.75) is 31.8 Å². The number of carbonyl (C=O) groups is 1. The summed E-state index contributed by atoms with van der Waals surface area (Å²) in [5.74, 6) is -1.64. The fraction of sp³-hybridized carbons (Fsp3) is 0.278. The van der Waals surface area contributed by atoms with Gasteiger partial charge in [-0.3, -0.25) is 10.1 Å². The first-order valence-corrected chi connectivity index (χ1v) is 7.64. The van der Waals surface area contributed by atoms with Crippen LogP contribution in [-0.2, 0) is 11.2 Å². The van der Waals surface area contributed by atoms with E-state index in [1.54, 1.807) is 6.92 Å². The van der Waals surface area contributed by atoms with Gasteiger partial charge in [-0.2, -0.15) is 0 Å². The van der Waals surface area contributed by atoms with Gasteiger partial charge in [-0.1, -0.05) is 24.3 Å². The fourth-order valence-electron chi connectivity index (χ4n) is 2.94. The van der Waals surface area contributed by atoms with Crippen LogP contribution in [-0.4, -0.2) is 11.9 Å². The van der Waals surface area contributed by atoms with E-state index in [0.717, 1.165) is 31.0 Å². The number of amides is 1. The molecule has 23 heavy (non-hydrogen) atoms. The normalized spacial score (nSPS) is 17.6. The van der Waals surface area contributed by atoms with Crippen molar-refractivity contribution in [1.29, 1.82) is 0 Å². The lowest BCUT2D eigenvalue weighted by atomic mass is 10.1. The van der Waals surface area contributed by atoms with Gasteiger partial charge in [-0.05, 0) is 43.0 Å². The number of anilines is 1. The Balaban J connectivity index is 1.66. The number of fused-ring (bicyclic) bond motifs is 1. The molecule has 0 heterocycles. The lowest BCUT2D eigenvalue weighted by Crippen LogP contribution is -2.39. The molecule has 2 N–H and O–H groups in total. The smallest absolute Gasteiger partial charge is 0.241 e. The highest BCUT2D eigenvalue weighted by atomic mass is 19.1. The molecule has 3 rings (SSSR count). The summed E-state index contributed by atoms with van der Waals surface area (Å²) < 4.78 is 26.8. The maximum absolute atomic E-state index is 13.6. The maximum Gasteiger partial charge on any atom is 0.241 e. The van der Waals surface area contributed by atoms with Crippen molar-refractivity contribution in [2.75, 3.05) is 5.32 Å². The molecule has 120 valence electrons. The number of nitrogens with one attached hydrogen (secondary N) is 2. The topological polar surface area (TPSA) is 41.1 Å². The molecule has 2 aromatic carbocycles. The zero-order valence-electron chi connectivity index (χ0n) is 12.8. The Hall–Kier alpha value is -2.27. The molecule has 0 bridgehead atoms. The van der Waals surface area contributed by atoms with Crippen LogP contribution in [0.3, 0.4) is 0 Å². The van der Waals surface area contributed by atoms with Gasteiger partial charge in [0.1, 0.15) is 11.6 Å². The first kappa shape index (κ1) is 15.6. The quantitative estimate of drug-likeness (QED) is 0.905. The molecule has 0 saturated carbocycles. The molecule has 5 heteroatoms. The number of benzene rings is 2. The van der Waals surface area contributed by atoms with E-state index in [2.05, 4.69) is 22.8 Å². The molecule has 1 aliphatic rings. The summed E-state index contributed by atoms with van der Waals surface area (Å²) in [5.41, 5.74) is 2.34. The third kappa shape index (κ3) is 3.40. The van der Waals surface area contributed by atoms with Crippen molar-refractivity contribution in [3.63, 3.8) is 0 Å². The SMILES string of the molecule is C[C@@H](N[C@@H]1CCc2ccccc21)C(=O)Nc1cc(F)ccc1F. The van der Waals surface area contributed by atoms with Crippen LogP contribution in [0.1, 0.15) is 30.5 Å². The molecule has 0 fully saturated rings. The highest BCUT2D eigenvalue weighted by Gasteiger charge is 2.25. The van der Waals surface area contributed by atoms with Gasteiger partial charge < -0.3 is 5.32 Å². The average molecular weight is 316 g/mol. The van der Waals surface area contributed by atoms with Gasteiger partial charge >= 0.3 is 0 Å². The van der Waals surface area contributed by atoms with Crippen LogP contribution in [0.2, 0.25) is 0 Å². The van der Waals surface area contributed by atoms with E-state index in [1.165, 1.54) is 11.1 Å². The molecule has 0 aromatic heterocycles. The van der Waals surface area contributed by atoms with E-state index in [4.69, 9.17) is 0 Å². The molecule has 2 atom stereocenters. The highest BCUT2D eigenvalue weighted by molar-refractivity contribution is 5.94. The molecular weight excluding hydrogens is 298 g/mol. The van der Waals surface area contributed by atoms with Gasteiger partial charge in [0.15, 0.2) is 0 Å². The summed E-state index contributed by atoms with van der Waals surface area (Å²) in [4.78, 5) is 12.2. The van der Waals surface area contributed by atoms with Crippen LogP contribution in [0.15, 0.2) is 42.5 Å². The summed E-state index contributed by atoms with van der Waals surface area (Å²) in [6.07, 6.45) is 1.89. The number of rotatable bonds is 4. The second-order valence-corrected chi connectivity index (χ2v) is 5.79. The molecule has 2 aromatic rings. The fourth-order valence-corrected chi connectivity index (χ4v) is 2.94. The lowest BCUT2D eigenvalue weighted by molar-refractivity contribution is -0.118. The first-order valence-electron chi connectivity index (χ1n) is 7.64. The summed E-state index contributed by atoms with van der Waals surface area (Å²) >= 11 is 0. The van der Waals surface area contributed by atoms with E-state index in [9.17, 15) is 13.6 Å². The minimum Gasteiger partial charge on any atom is -0.322 e. The second-order valence-electron chi connectivity index (χ2n) is 5.79. The highest BCUT2D eigenvalue weighted by Crippen LogP contribution is 2.31. The van der Waals surface area contributed by atoms with Crippen molar-refractivity contribution in [3.8, 4) is 0 Å². The van der Waals surface area contributed by atoms with Gasteiger partial charge in [0.2, 0.25) is 5.91 Å². The number of aryl methyl sites for hydroxylation is 1. The van der Waals surface area contributed by atoms with Gasteiger partial charge in [-0.15, -0.1) is 0 Å². The van der Waals surface area contributed by atoms with E-state index in [1.807, 2.05) is 12.1 Å². The summed E-state index contributed by atoms with van der Waals surface area (Å²) in [7, 11) is 0. The summed E-state index contributed by atoms with van der Waals surface area (Å²) in [6, 6.07) is 10.7. The number of hydrogen-bond donors (Lipinski definition) is 2. The van der Waals surface area contributed by atoms with Gasteiger partial charge in [0.05, 0.1) is 11.7 Å². The molecule has 1 amide bonds. The van der Waals surface area contributed by atoms with Crippen LogP contribution in [0.5, 0.6) is 0 Å². The van der Waals surface area contributed by atoms with Gasteiger partial charge in [-0.25, -0.2) is 8.78 Å². The van der Waals surface area contributed by atoms with Crippen molar-refractivity contribution >= 4 is 11.6 Å². The number of carbonyl (C=O) groups excluding carboxylic acids is 1. The summed E-state index contributed by atoms with van der Waals surface area (Å²) in [6.45, 7) is 1.72. The van der Waals surface area contributed by atoms with E-state index in [-0.39, 0.29) is 17.6 Å². The Morgan fingerprint density at radius 1 is 1.22 bits per heavy atom. The molecule has 0 saturated heterocycles. The zero-order valence-corrected chi connectivity index (χ0v) is 12.8. The van der Waals surface area contributed by atoms with Crippen molar-refractivity contribution in [2.24, 2.45) is 0 Å². The predicted octanol–water partition coefficient (Wildman–Crippen LogP) is 3.57. The molecule has 0 radical (unpaired) electrons. The van der Waals surface area contributed by atoms with Gasteiger partial charge in [0, 0.05) is 12.1 Å². The van der Waals surface area contributed by atoms with E-state index in [0.29, 0.717) is 0 Å². The molecular formula is C18H18F2N2O. The molecule has 0 aliphatic heterocycles. The largest absolute Gasteiger partial charge is 0.322 e. The van der Waals surface area contributed by atoms with Crippen molar-refractivity contribution in [3.05, 3.63) is 65.2 Å². The van der Waals surface area contributed by atoms with Crippen LogP contribution in [0, 0.1) is 11.6 Å². The maximum atomic E-state index is 13.6. The van der Waals surface area contributed by atoms with E-state index >= 15 is 0 Å². The number of hydrogen-bond acceptors (Lipinski definition) is 2. The molecule has 3 nitrogen and oxygen atoms in total. The van der Waals surface area contributed by atoms with Crippen LogP contribution < -0.4 is 10.6 Å². The number of halogens is 2. The standard InChI is InChI=1S/C18H18F2N2O/c1-11(18(23)22-17-10-13(19)7-8-15(17)20)21-16-9-6-12-4-2-3-5-14(12)16/h2-5,7-8,10-11,16,21H,6,9H2,1H3,(H,22,23)/t11-,16-/m1/s1. The zero-order chi connectivity index (χ0) is 16.4. The average Bonchev–Trinajstić information content (AvgIpc) is 2.94. The van der Waals surface area contributed by atoms with Crippen LogP contribution in [0.4, 0.5) is 14.5 Å². The summed E-state index contributed by atoms with van der Waals surface area (Å²) in [5, 5.41) is 5.69. The van der Waals surface area contributed by atoms with Crippen molar-refractivity contribution in [1.82, 2.24) is 5.32 Å². The Morgan fingerprint density at radius 2 is 2.00 bits per heavy atom. The second kappa shape index (κ2) is 6.46. The Labute approximate surface area is 133 Å². The van der Waals surface area contributed by atoms with Crippen LogP contribution >= 0.6 is 0 Å². The molecule has 0 spiro atoms. The third-order valence-electron chi connectivity index (χ3n) is 4.16. The van der Waals surface area contributed by atoms with E-state index < -0.39 is 17.7 Å². The monoisotopic (exact) mass is 316 g/mol. The Morgan fingerprint density at radius 3 is 2.83 bits per heavy atom.